The van der Waals surface area contributed by atoms with Gasteiger partial charge in [0.15, 0.2) is 12.0 Å². The SMILES string of the molecule is CC(CC(=O)O)C(=O)N(C)c1ccc2ncoc2c1. The molecule has 0 spiro atoms. The van der Waals surface area contributed by atoms with Gasteiger partial charge in [0.25, 0.3) is 0 Å². The first-order valence-corrected chi connectivity index (χ1v) is 5.81. The first-order valence-electron chi connectivity index (χ1n) is 5.81. The molecule has 1 amide bonds. The van der Waals surface area contributed by atoms with Crippen LogP contribution in [0, 0.1) is 5.92 Å². The predicted octanol–water partition coefficient (Wildman–Crippen LogP) is 1.90. The van der Waals surface area contributed by atoms with E-state index >= 15 is 0 Å². The minimum atomic E-state index is -0.986. The molecule has 0 radical (unpaired) electrons. The highest BCUT2D eigenvalue weighted by Gasteiger charge is 2.21. The van der Waals surface area contributed by atoms with Crippen molar-refractivity contribution in [1.29, 1.82) is 0 Å². The molecule has 19 heavy (non-hydrogen) atoms. The van der Waals surface area contributed by atoms with Crippen molar-refractivity contribution in [2.45, 2.75) is 13.3 Å². The quantitative estimate of drug-likeness (QED) is 0.909. The summed E-state index contributed by atoms with van der Waals surface area (Å²) in [4.78, 5) is 28.1. The molecule has 6 heteroatoms. The van der Waals surface area contributed by atoms with Crippen molar-refractivity contribution in [3.63, 3.8) is 0 Å². The molecule has 2 rings (SSSR count). The molecule has 6 nitrogen and oxygen atoms in total. The molecular formula is C13H14N2O4. The zero-order valence-electron chi connectivity index (χ0n) is 10.7. The molecule has 1 heterocycles. The molecule has 0 aliphatic carbocycles. The number of nitrogens with zero attached hydrogens (tertiary/aromatic N) is 2. The maximum absolute atomic E-state index is 12.1. The van der Waals surface area contributed by atoms with Crippen LogP contribution in [0.25, 0.3) is 11.1 Å². The van der Waals surface area contributed by atoms with Crippen LogP contribution in [0.3, 0.4) is 0 Å². The average Bonchev–Trinajstić information content (AvgIpc) is 2.83. The maximum Gasteiger partial charge on any atom is 0.304 e. The number of aliphatic carboxylic acids is 1. The van der Waals surface area contributed by atoms with Crippen LogP contribution >= 0.6 is 0 Å². The number of amides is 1. The van der Waals surface area contributed by atoms with Gasteiger partial charge < -0.3 is 14.4 Å². The van der Waals surface area contributed by atoms with E-state index in [2.05, 4.69) is 4.98 Å². The minimum absolute atomic E-state index is 0.187. The average molecular weight is 262 g/mol. The molecule has 0 aliphatic rings. The first-order chi connectivity index (χ1) is 8.99. The molecule has 1 aromatic carbocycles. The van der Waals surface area contributed by atoms with Crippen LogP contribution < -0.4 is 4.90 Å². The normalized spacial score (nSPS) is 12.3. The molecular weight excluding hydrogens is 248 g/mol. The Labute approximate surface area is 109 Å². The molecule has 100 valence electrons. The predicted molar refractivity (Wildman–Crippen MR) is 68.8 cm³/mol. The van der Waals surface area contributed by atoms with E-state index in [-0.39, 0.29) is 12.3 Å². The van der Waals surface area contributed by atoms with E-state index < -0.39 is 11.9 Å². The Morgan fingerprint density at radius 2 is 2.21 bits per heavy atom. The highest BCUT2D eigenvalue weighted by atomic mass is 16.4. The van der Waals surface area contributed by atoms with Gasteiger partial charge in [0.05, 0.1) is 6.42 Å². The zero-order chi connectivity index (χ0) is 14.0. The fraction of sp³-hybridized carbons (Fsp3) is 0.308. The van der Waals surface area contributed by atoms with E-state index in [0.717, 1.165) is 0 Å². The van der Waals surface area contributed by atoms with Gasteiger partial charge in [-0.3, -0.25) is 9.59 Å². The minimum Gasteiger partial charge on any atom is -0.481 e. The van der Waals surface area contributed by atoms with Gasteiger partial charge in [-0.1, -0.05) is 6.92 Å². The smallest absolute Gasteiger partial charge is 0.304 e. The van der Waals surface area contributed by atoms with Crippen molar-refractivity contribution in [3.05, 3.63) is 24.6 Å². The fourth-order valence-electron chi connectivity index (χ4n) is 1.86. The molecule has 0 saturated carbocycles. The largest absolute Gasteiger partial charge is 0.481 e. The van der Waals surface area contributed by atoms with E-state index in [4.69, 9.17) is 9.52 Å². The highest BCUT2D eigenvalue weighted by molar-refractivity contribution is 5.97. The van der Waals surface area contributed by atoms with Crippen molar-refractivity contribution in [3.8, 4) is 0 Å². The summed E-state index contributed by atoms with van der Waals surface area (Å²) in [5, 5.41) is 8.70. The summed E-state index contributed by atoms with van der Waals surface area (Å²) >= 11 is 0. The van der Waals surface area contributed by atoms with Gasteiger partial charge in [-0.15, -0.1) is 0 Å². The highest BCUT2D eigenvalue weighted by Crippen LogP contribution is 2.22. The van der Waals surface area contributed by atoms with Crippen LogP contribution in [0.5, 0.6) is 0 Å². The maximum atomic E-state index is 12.1. The lowest BCUT2D eigenvalue weighted by Gasteiger charge is -2.20. The van der Waals surface area contributed by atoms with Crippen molar-refractivity contribution in [1.82, 2.24) is 4.98 Å². The Morgan fingerprint density at radius 3 is 2.89 bits per heavy atom. The van der Waals surface area contributed by atoms with E-state index in [1.165, 1.54) is 11.3 Å². The van der Waals surface area contributed by atoms with E-state index in [1.807, 2.05) is 0 Å². The third kappa shape index (κ3) is 2.73. The van der Waals surface area contributed by atoms with E-state index in [0.29, 0.717) is 16.8 Å². The van der Waals surface area contributed by atoms with Crippen molar-refractivity contribution in [2.75, 3.05) is 11.9 Å². The third-order valence-electron chi connectivity index (χ3n) is 2.94. The number of rotatable bonds is 4. The second-order valence-electron chi connectivity index (χ2n) is 4.40. The van der Waals surface area contributed by atoms with Gasteiger partial charge in [-0.2, -0.15) is 0 Å². The van der Waals surface area contributed by atoms with Gasteiger partial charge in [0.2, 0.25) is 5.91 Å². The van der Waals surface area contributed by atoms with Crippen molar-refractivity contribution >= 4 is 28.7 Å². The summed E-state index contributed by atoms with van der Waals surface area (Å²) in [5.74, 6) is -1.81. The Hall–Kier alpha value is -2.37. The number of carboxylic acids is 1. The fourth-order valence-corrected chi connectivity index (χ4v) is 1.86. The van der Waals surface area contributed by atoms with Gasteiger partial charge in [-0.25, -0.2) is 4.98 Å². The Morgan fingerprint density at radius 1 is 1.47 bits per heavy atom. The number of oxazole rings is 1. The Balaban J connectivity index is 2.20. The standard InChI is InChI=1S/C13H14N2O4/c1-8(5-12(16)17)13(18)15(2)9-3-4-10-11(6-9)19-7-14-10/h3-4,6-8H,5H2,1-2H3,(H,16,17). The zero-order valence-corrected chi connectivity index (χ0v) is 10.7. The lowest BCUT2D eigenvalue weighted by Crippen LogP contribution is -2.32. The number of fused-ring (bicyclic) bond motifs is 1. The molecule has 1 atom stereocenters. The molecule has 1 N–H and O–H groups in total. The van der Waals surface area contributed by atoms with Crippen LogP contribution in [-0.4, -0.2) is 29.0 Å². The number of benzene rings is 1. The second kappa shape index (κ2) is 5.09. The van der Waals surface area contributed by atoms with Gasteiger partial charge in [0, 0.05) is 24.7 Å². The van der Waals surface area contributed by atoms with Crippen molar-refractivity contribution in [2.24, 2.45) is 5.92 Å². The number of carbonyl (C=O) groups is 2. The lowest BCUT2D eigenvalue weighted by atomic mass is 10.1. The summed E-state index contributed by atoms with van der Waals surface area (Å²) in [5.41, 5.74) is 1.94. The summed E-state index contributed by atoms with van der Waals surface area (Å²) in [6, 6.07) is 5.20. The summed E-state index contributed by atoms with van der Waals surface area (Å²) in [7, 11) is 1.61. The molecule has 2 aromatic rings. The van der Waals surface area contributed by atoms with Gasteiger partial charge >= 0.3 is 5.97 Å². The Kier molecular flexibility index (Phi) is 3.50. The lowest BCUT2D eigenvalue weighted by molar-refractivity contribution is -0.140. The van der Waals surface area contributed by atoms with Crippen LogP contribution in [-0.2, 0) is 9.59 Å². The summed E-state index contributed by atoms with van der Waals surface area (Å²) in [6.45, 7) is 1.60. The Bertz CT molecular complexity index is 620. The van der Waals surface area contributed by atoms with Crippen molar-refractivity contribution < 1.29 is 19.1 Å². The molecule has 0 fully saturated rings. The monoisotopic (exact) mass is 262 g/mol. The topological polar surface area (TPSA) is 83.6 Å². The van der Waals surface area contributed by atoms with Crippen LogP contribution in [0.15, 0.2) is 29.0 Å². The first kappa shape index (κ1) is 13.1. The number of hydrogen-bond donors (Lipinski definition) is 1. The van der Waals surface area contributed by atoms with Crippen LogP contribution in [0.4, 0.5) is 5.69 Å². The second-order valence-corrected chi connectivity index (χ2v) is 4.40. The van der Waals surface area contributed by atoms with E-state index in [1.54, 1.807) is 32.2 Å². The summed E-state index contributed by atoms with van der Waals surface area (Å²) in [6.07, 6.45) is 1.15. The molecule has 0 bridgehead atoms. The molecule has 1 unspecified atom stereocenters. The molecule has 0 aliphatic heterocycles. The number of aromatic nitrogens is 1. The van der Waals surface area contributed by atoms with Crippen LogP contribution in [0.2, 0.25) is 0 Å². The third-order valence-corrected chi connectivity index (χ3v) is 2.94. The van der Waals surface area contributed by atoms with Crippen LogP contribution in [0.1, 0.15) is 13.3 Å². The number of carboxylic acid groups (broad SMARTS) is 1. The molecule has 1 aromatic heterocycles. The number of hydrogen-bond acceptors (Lipinski definition) is 4. The van der Waals surface area contributed by atoms with Gasteiger partial charge in [0.1, 0.15) is 5.52 Å². The number of anilines is 1. The van der Waals surface area contributed by atoms with Gasteiger partial charge in [-0.05, 0) is 12.1 Å². The summed E-state index contributed by atoms with van der Waals surface area (Å²) < 4.78 is 5.17. The number of carbonyl (C=O) groups excluding carboxylic acids is 1. The molecule has 0 saturated heterocycles. The van der Waals surface area contributed by atoms with E-state index in [9.17, 15) is 9.59 Å².